The second-order valence-corrected chi connectivity index (χ2v) is 6.89. The van der Waals surface area contributed by atoms with E-state index in [2.05, 4.69) is 30.4 Å². The minimum Gasteiger partial charge on any atom is -0.339 e. The maximum Gasteiger partial charge on any atom is 0.345 e. The average molecular weight is 366 g/mol. The lowest BCUT2D eigenvalue weighted by Crippen LogP contribution is -2.24. The molecule has 0 saturated heterocycles. The van der Waals surface area contributed by atoms with E-state index in [-0.39, 0.29) is 5.69 Å². The third-order valence-electron chi connectivity index (χ3n) is 5.07. The smallest absolute Gasteiger partial charge is 0.339 e. The second kappa shape index (κ2) is 7.03. The van der Waals surface area contributed by atoms with E-state index < -0.39 is 0 Å². The summed E-state index contributed by atoms with van der Waals surface area (Å²) in [4.78, 5) is 27.2. The third-order valence-corrected chi connectivity index (χ3v) is 5.07. The molecule has 0 spiro atoms. The van der Waals surface area contributed by atoms with E-state index in [1.54, 1.807) is 0 Å². The summed E-state index contributed by atoms with van der Waals surface area (Å²) in [6.45, 7) is 7.45. The first-order valence-corrected chi connectivity index (χ1v) is 9.10. The summed E-state index contributed by atoms with van der Waals surface area (Å²) in [5, 5.41) is 7.57. The van der Waals surface area contributed by atoms with Crippen LogP contribution in [0.15, 0.2) is 15.5 Å². The molecule has 8 heteroatoms. The van der Waals surface area contributed by atoms with Crippen LogP contribution in [0, 0.1) is 20.8 Å². The molecule has 0 atom stereocenters. The average Bonchev–Trinajstić information content (AvgIpc) is 3.09. The molecule has 3 aromatic rings. The molecule has 0 amide bonds. The Balaban J connectivity index is 1.59. The first kappa shape index (κ1) is 17.5. The number of nitrogens with one attached hydrogen (secondary N) is 2. The molecular weight excluding hydrogens is 344 g/mol. The van der Waals surface area contributed by atoms with E-state index in [4.69, 9.17) is 4.52 Å². The van der Waals surface area contributed by atoms with Gasteiger partial charge in [0, 0.05) is 41.8 Å². The quantitative estimate of drug-likeness (QED) is 0.721. The Morgan fingerprint density at radius 1 is 1.15 bits per heavy atom. The van der Waals surface area contributed by atoms with Gasteiger partial charge in [0.05, 0.1) is 0 Å². The van der Waals surface area contributed by atoms with Crippen molar-refractivity contribution >= 4 is 0 Å². The molecule has 8 nitrogen and oxygen atoms in total. The Hall–Kier alpha value is -2.87. The maximum atomic E-state index is 11.4. The highest BCUT2D eigenvalue weighted by molar-refractivity contribution is 5.64. The first-order valence-electron chi connectivity index (χ1n) is 9.10. The van der Waals surface area contributed by atoms with E-state index in [1.807, 2.05) is 27.0 Å². The van der Waals surface area contributed by atoms with E-state index in [9.17, 15) is 4.79 Å². The number of nitrogens with zero attached hydrogens (tertiary/aromatic N) is 4. The van der Waals surface area contributed by atoms with Gasteiger partial charge in [0.25, 0.3) is 0 Å². The summed E-state index contributed by atoms with van der Waals surface area (Å²) in [6.07, 6.45) is 4.12. The van der Waals surface area contributed by atoms with Gasteiger partial charge in [-0.05, 0) is 56.8 Å². The lowest BCUT2D eigenvalue weighted by atomic mass is 9.95. The predicted molar refractivity (Wildman–Crippen MR) is 99.4 cm³/mol. The number of H-pyrrole nitrogens is 1. The zero-order chi connectivity index (χ0) is 19.0. The fourth-order valence-corrected chi connectivity index (χ4v) is 3.68. The topological polar surface area (TPSA) is 110 Å². The fraction of sp³-hybridized carbons (Fsp3) is 0.421. The molecule has 1 aliphatic heterocycles. The van der Waals surface area contributed by atoms with Crippen molar-refractivity contribution in [1.82, 2.24) is 30.4 Å². The van der Waals surface area contributed by atoms with Crippen LogP contribution in [0.2, 0.25) is 0 Å². The minimum atomic E-state index is -0.319. The lowest BCUT2D eigenvalue weighted by molar-refractivity contribution is 0.378. The van der Waals surface area contributed by atoms with Crippen LogP contribution < -0.4 is 11.0 Å². The van der Waals surface area contributed by atoms with Crippen molar-refractivity contribution in [3.8, 4) is 11.4 Å². The Morgan fingerprint density at radius 3 is 2.81 bits per heavy atom. The molecule has 1 aliphatic rings. The van der Waals surface area contributed by atoms with Crippen molar-refractivity contribution in [2.45, 2.75) is 46.6 Å². The molecule has 0 bridgehead atoms. The normalized spacial score (nSPS) is 13.6. The van der Waals surface area contributed by atoms with Crippen molar-refractivity contribution in [3.63, 3.8) is 0 Å². The number of pyridine rings is 1. The molecule has 27 heavy (non-hydrogen) atoms. The monoisotopic (exact) mass is 366 g/mol. The van der Waals surface area contributed by atoms with Crippen molar-refractivity contribution < 1.29 is 4.52 Å². The molecule has 4 rings (SSSR count). The fourth-order valence-electron chi connectivity index (χ4n) is 3.68. The van der Waals surface area contributed by atoms with Gasteiger partial charge in [-0.1, -0.05) is 5.16 Å². The summed E-state index contributed by atoms with van der Waals surface area (Å²) in [5.41, 5.74) is 6.61. The van der Waals surface area contributed by atoms with Crippen LogP contribution in [-0.4, -0.2) is 31.6 Å². The molecule has 0 fully saturated rings. The Morgan fingerprint density at radius 2 is 2.00 bits per heavy atom. The molecule has 140 valence electrons. The number of rotatable bonds is 4. The van der Waals surface area contributed by atoms with Crippen LogP contribution in [0.3, 0.4) is 0 Å². The molecule has 0 saturated carbocycles. The highest BCUT2D eigenvalue weighted by Crippen LogP contribution is 2.28. The molecule has 2 N–H and O–H groups in total. The zero-order valence-corrected chi connectivity index (χ0v) is 15.7. The van der Waals surface area contributed by atoms with E-state index >= 15 is 0 Å². The van der Waals surface area contributed by atoms with Crippen molar-refractivity contribution in [3.05, 3.63) is 56.3 Å². The van der Waals surface area contributed by atoms with Gasteiger partial charge in [-0.15, -0.1) is 0 Å². The second-order valence-electron chi connectivity index (χ2n) is 6.89. The molecule has 0 aliphatic carbocycles. The SMILES string of the molecule is Cc1nc(=O)[nH]c(C)c1CCc1nc(-c2c(C)ncc3c2CCNC3)no1. The van der Waals surface area contributed by atoms with Gasteiger partial charge in [-0.25, -0.2) is 4.79 Å². The van der Waals surface area contributed by atoms with Gasteiger partial charge >= 0.3 is 5.69 Å². The molecular formula is C19H22N6O2. The number of aromatic nitrogens is 5. The maximum absolute atomic E-state index is 11.4. The molecule has 0 unspecified atom stereocenters. The van der Waals surface area contributed by atoms with Crippen molar-refractivity contribution in [2.24, 2.45) is 0 Å². The number of hydrogen-bond acceptors (Lipinski definition) is 7. The summed E-state index contributed by atoms with van der Waals surface area (Å²) in [5.74, 6) is 1.17. The summed E-state index contributed by atoms with van der Waals surface area (Å²) in [7, 11) is 0. The largest absolute Gasteiger partial charge is 0.345 e. The molecule has 4 heterocycles. The number of aryl methyl sites for hydroxylation is 4. The molecule has 0 radical (unpaired) electrons. The standard InChI is InChI=1S/C19H22N6O2/c1-10-14(11(2)23-19(26)22-10)4-5-16-24-18(25-27-16)17-12(3)21-9-13-8-20-7-6-15(13)17/h9,20H,4-8H2,1-3H3,(H,22,23,26). The Bertz CT molecular complexity index is 1030. The first-order chi connectivity index (χ1) is 13.0. The van der Waals surface area contributed by atoms with Gasteiger partial charge < -0.3 is 14.8 Å². The van der Waals surface area contributed by atoms with Crippen LogP contribution in [0.5, 0.6) is 0 Å². The van der Waals surface area contributed by atoms with Crippen LogP contribution in [0.1, 0.15) is 39.7 Å². The van der Waals surface area contributed by atoms with Gasteiger partial charge in [0.15, 0.2) is 0 Å². The van der Waals surface area contributed by atoms with Crippen LogP contribution >= 0.6 is 0 Å². The summed E-state index contributed by atoms with van der Waals surface area (Å²) < 4.78 is 5.49. The van der Waals surface area contributed by atoms with Crippen LogP contribution in [-0.2, 0) is 25.8 Å². The predicted octanol–water partition coefficient (Wildman–Crippen LogP) is 1.57. The lowest BCUT2D eigenvalue weighted by Gasteiger charge is -2.19. The van der Waals surface area contributed by atoms with Crippen LogP contribution in [0.25, 0.3) is 11.4 Å². The summed E-state index contributed by atoms with van der Waals surface area (Å²) >= 11 is 0. The van der Waals surface area contributed by atoms with Crippen LogP contribution in [0.4, 0.5) is 0 Å². The van der Waals surface area contributed by atoms with E-state index in [1.165, 1.54) is 11.1 Å². The Labute approximate surface area is 156 Å². The highest BCUT2D eigenvalue weighted by Gasteiger charge is 2.21. The van der Waals surface area contributed by atoms with Gasteiger partial charge in [-0.2, -0.15) is 9.97 Å². The van der Waals surface area contributed by atoms with Gasteiger partial charge in [0.1, 0.15) is 0 Å². The van der Waals surface area contributed by atoms with Gasteiger partial charge in [0.2, 0.25) is 11.7 Å². The minimum absolute atomic E-state index is 0.319. The number of hydrogen-bond donors (Lipinski definition) is 2. The number of aromatic amines is 1. The van der Waals surface area contributed by atoms with E-state index in [0.717, 1.165) is 47.7 Å². The molecule has 3 aromatic heterocycles. The number of fused-ring (bicyclic) bond motifs is 1. The molecule has 0 aromatic carbocycles. The van der Waals surface area contributed by atoms with Crippen molar-refractivity contribution in [2.75, 3.05) is 6.54 Å². The summed E-state index contributed by atoms with van der Waals surface area (Å²) in [6, 6.07) is 0. The highest BCUT2D eigenvalue weighted by atomic mass is 16.5. The Kier molecular flexibility index (Phi) is 4.57. The third kappa shape index (κ3) is 3.40. The van der Waals surface area contributed by atoms with Gasteiger partial charge in [-0.3, -0.25) is 4.98 Å². The van der Waals surface area contributed by atoms with Crippen molar-refractivity contribution in [1.29, 1.82) is 0 Å². The zero-order valence-electron chi connectivity index (χ0n) is 15.7. The van der Waals surface area contributed by atoms with E-state index in [0.29, 0.717) is 24.6 Å².